The second-order valence-corrected chi connectivity index (χ2v) is 7.10. The lowest BCUT2D eigenvalue weighted by molar-refractivity contribution is 0.512. The molecule has 5 nitrogen and oxygen atoms in total. The van der Waals surface area contributed by atoms with Crippen molar-refractivity contribution >= 4 is 10.0 Å². The minimum Gasteiger partial charge on any atom is -0.346 e. The lowest BCUT2D eigenvalue weighted by Crippen LogP contribution is -2.34. The summed E-state index contributed by atoms with van der Waals surface area (Å²) in [6, 6.07) is 1.85. The molecule has 1 atom stereocenters. The highest BCUT2D eigenvalue weighted by atomic mass is 32.2. The van der Waals surface area contributed by atoms with Crippen molar-refractivity contribution in [2.24, 2.45) is 5.73 Å². The SMILES string of the molecule is CCCC(CC)NS(=O)(=O)c1cc(CN)n(C(C)C)c1. The predicted molar refractivity (Wildman–Crippen MR) is 82.0 cm³/mol. The standard InChI is InChI=1S/C14H27N3O2S/c1-5-7-12(6-2)16-20(18,19)14-8-13(9-15)17(10-14)11(3)4/h8,10-12,16H,5-7,9,15H2,1-4H3. The van der Waals surface area contributed by atoms with Gasteiger partial charge in [0.15, 0.2) is 0 Å². The first-order chi connectivity index (χ1) is 9.35. The molecule has 0 saturated carbocycles. The summed E-state index contributed by atoms with van der Waals surface area (Å²) in [6.45, 7) is 8.40. The van der Waals surface area contributed by atoms with Crippen LogP contribution in [0.5, 0.6) is 0 Å². The number of nitrogens with one attached hydrogen (secondary N) is 1. The Hall–Kier alpha value is -0.850. The smallest absolute Gasteiger partial charge is 0.242 e. The fourth-order valence-corrected chi connectivity index (χ4v) is 3.67. The molecule has 0 bridgehead atoms. The Morgan fingerprint density at radius 3 is 2.40 bits per heavy atom. The average Bonchev–Trinajstić information content (AvgIpc) is 2.83. The van der Waals surface area contributed by atoms with Gasteiger partial charge < -0.3 is 10.3 Å². The molecular weight excluding hydrogens is 274 g/mol. The molecule has 116 valence electrons. The van der Waals surface area contributed by atoms with Gasteiger partial charge in [-0.2, -0.15) is 0 Å². The Bertz CT molecular complexity index is 521. The van der Waals surface area contributed by atoms with Crippen LogP contribution in [0.15, 0.2) is 17.2 Å². The summed E-state index contributed by atoms with van der Waals surface area (Å²) >= 11 is 0. The van der Waals surface area contributed by atoms with Crippen molar-refractivity contribution in [1.82, 2.24) is 9.29 Å². The second kappa shape index (κ2) is 7.24. The van der Waals surface area contributed by atoms with Gasteiger partial charge in [0.1, 0.15) is 0 Å². The van der Waals surface area contributed by atoms with E-state index in [1.165, 1.54) is 0 Å². The van der Waals surface area contributed by atoms with E-state index in [1.807, 2.05) is 25.3 Å². The molecule has 0 radical (unpaired) electrons. The minimum atomic E-state index is -3.47. The van der Waals surface area contributed by atoms with Gasteiger partial charge in [0.2, 0.25) is 10.0 Å². The summed E-state index contributed by atoms with van der Waals surface area (Å²) < 4.78 is 29.5. The lowest BCUT2D eigenvalue weighted by Gasteiger charge is -2.15. The van der Waals surface area contributed by atoms with Crippen LogP contribution in [-0.2, 0) is 16.6 Å². The first-order valence-corrected chi connectivity index (χ1v) is 8.77. The van der Waals surface area contributed by atoms with Gasteiger partial charge in [0.05, 0.1) is 4.90 Å². The lowest BCUT2D eigenvalue weighted by atomic mass is 10.1. The zero-order valence-corrected chi connectivity index (χ0v) is 13.7. The van der Waals surface area contributed by atoms with Crippen molar-refractivity contribution in [2.75, 3.05) is 0 Å². The van der Waals surface area contributed by atoms with Gasteiger partial charge >= 0.3 is 0 Å². The van der Waals surface area contributed by atoms with Gasteiger partial charge in [0.25, 0.3) is 0 Å². The van der Waals surface area contributed by atoms with E-state index in [4.69, 9.17) is 5.73 Å². The largest absolute Gasteiger partial charge is 0.346 e. The molecule has 0 aliphatic rings. The summed E-state index contributed by atoms with van der Waals surface area (Å²) in [6.07, 6.45) is 4.28. The van der Waals surface area contributed by atoms with E-state index >= 15 is 0 Å². The molecule has 0 spiro atoms. The Labute approximate surface area is 122 Å². The quantitative estimate of drug-likeness (QED) is 0.774. The molecule has 1 heterocycles. The van der Waals surface area contributed by atoms with E-state index in [2.05, 4.69) is 11.6 Å². The van der Waals surface area contributed by atoms with Gasteiger partial charge in [-0.25, -0.2) is 13.1 Å². The normalized spacial score (nSPS) is 13.9. The van der Waals surface area contributed by atoms with E-state index in [0.29, 0.717) is 11.4 Å². The highest BCUT2D eigenvalue weighted by Crippen LogP contribution is 2.19. The maximum Gasteiger partial charge on any atom is 0.242 e. The molecule has 6 heteroatoms. The van der Waals surface area contributed by atoms with Gasteiger partial charge in [0, 0.05) is 30.5 Å². The number of hydrogen-bond donors (Lipinski definition) is 2. The Balaban J connectivity index is 3.03. The van der Waals surface area contributed by atoms with Crippen molar-refractivity contribution < 1.29 is 8.42 Å². The molecule has 1 unspecified atom stereocenters. The first kappa shape index (κ1) is 17.2. The molecule has 1 aromatic heterocycles. The molecule has 1 rings (SSSR count). The average molecular weight is 301 g/mol. The zero-order chi connectivity index (χ0) is 15.3. The molecule has 0 saturated heterocycles. The van der Waals surface area contributed by atoms with Gasteiger partial charge in [-0.3, -0.25) is 0 Å². The molecule has 0 aliphatic carbocycles. The molecule has 0 fully saturated rings. The van der Waals surface area contributed by atoms with Crippen molar-refractivity contribution in [1.29, 1.82) is 0 Å². The van der Waals surface area contributed by atoms with Crippen LogP contribution >= 0.6 is 0 Å². The minimum absolute atomic E-state index is 0.00581. The molecule has 3 N–H and O–H groups in total. The Morgan fingerprint density at radius 2 is 2.00 bits per heavy atom. The van der Waals surface area contributed by atoms with Crippen LogP contribution in [0.4, 0.5) is 0 Å². The summed E-state index contributed by atoms with van der Waals surface area (Å²) in [7, 11) is -3.47. The third-order valence-electron chi connectivity index (χ3n) is 3.43. The summed E-state index contributed by atoms with van der Waals surface area (Å²) in [5, 5.41) is 0. The van der Waals surface area contributed by atoms with Crippen LogP contribution in [0.2, 0.25) is 0 Å². The van der Waals surface area contributed by atoms with Crippen molar-refractivity contribution in [3.8, 4) is 0 Å². The van der Waals surface area contributed by atoms with E-state index in [9.17, 15) is 8.42 Å². The fourth-order valence-electron chi connectivity index (χ4n) is 2.27. The topological polar surface area (TPSA) is 77.1 Å². The van der Waals surface area contributed by atoms with E-state index < -0.39 is 10.0 Å². The van der Waals surface area contributed by atoms with E-state index in [-0.39, 0.29) is 12.1 Å². The van der Waals surface area contributed by atoms with E-state index in [0.717, 1.165) is 25.0 Å². The van der Waals surface area contributed by atoms with E-state index in [1.54, 1.807) is 12.3 Å². The number of nitrogens with zero attached hydrogens (tertiary/aromatic N) is 1. The van der Waals surface area contributed by atoms with Gasteiger partial charge in [-0.15, -0.1) is 0 Å². The first-order valence-electron chi connectivity index (χ1n) is 7.28. The Morgan fingerprint density at radius 1 is 1.35 bits per heavy atom. The van der Waals surface area contributed by atoms with Crippen LogP contribution in [0.3, 0.4) is 0 Å². The monoisotopic (exact) mass is 301 g/mol. The Kier molecular flexibility index (Phi) is 6.23. The second-order valence-electron chi connectivity index (χ2n) is 5.39. The molecule has 0 amide bonds. The molecule has 0 aliphatic heterocycles. The van der Waals surface area contributed by atoms with Crippen molar-refractivity contribution in [3.05, 3.63) is 18.0 Å². The maximum atomic E-state index is 12.4. The fraction of sp³-hybridized carbons (Fsp3) is 0.714. The van der Waals surface area contributed by atoms with Crippen molar-refractivity contribution in [2.45, 2.75) is 70.5 Å². The highest BCUT2D eigenvalue weighted by molar-refractivity contribution is 7.89. The molecule has 1 aromatic rings. The van der Waals surface area contributed by atoms with Crippen LogP contribution in [-0.4, -0.2) is 19.0 Å². The maximum absolute atomic E-state index is 12.4. The third kappa shape index (κ3) is 4.07. The van der Waals surface area contributed by atoms with Gasteiger partial charge in [-0.05, 0) is 32.8 Å². The van der Waals surface area contributed by atoms with Crippen LogP contribution in [0.25, 0.3) is 0 Å². The van der Waals surface area contributed by atoms with Crippen LogP contribution < -0.4 is 10.5 Å². The summed E-state index contributed by atoms with van der Waals surface area (Å²) in [5.74, 6) is 0. The number of sulfonamides is 1. The number of nitrogens with two attached hydrogens (primary N) is 1. The molecule has 20 heavy (non-hydrogen) atoms. The van der Waals surface area contributed by atoms with Gasteiger partial charge in [-0.1, -0.05) is 20.3 Å². The molecule has 0 aromatic carbocycles. The third-order valence-corrected chi connectivity index (χ3v) is 4.92. The number of hydrogen-bond acceptors (Lipinski definition) is 3. The molecular formula is C14H27N3O2S. The highest BCUT2D eigenvalue weighted by Gasteiger charge is 2.21. The predicted octanol–water partition coefficient (Wildman–Crippen LogP) is 2.38. The summed E-state index contributed by atoms with van der Waals surface area (Å²) in [4.78, 5) is 0.307. The van der Waals surface area contributed by atoms with Crippen LogP contribution in [0, 0.1) is 0 Å². The summed E-state index contributed by atoms with van der Waals surface area (Å²) in [5.41, 5.74) is 6.52. The van der Waals surface area contributed by atoms with Crippen molar-refractivity contribution in [3.63, 3.8) is 0 Å². The number of rotatable bonds is 8. The van der Waals surface area contributed by atoms with Crippen LogP contribution in [0.1, 0.15) is 58.7 Å². The number of aromatic nitrogens is 1. The zero-order valence-electron chi connectivity index (χ0n) is 12.9.